The second-order valence-corrected chi connectivity index (χ2v) is 6.61. The van der Waals surface area contributed by atoms with Gasteiger partial charge in [0.05, 0.1) is 0 Å². The fraction of sp³-hybridized carbons (Fsp3) is 0.500. The van der Waals surface area contributed by atoms with Crippen molar-refractivity contribution in [2.45, 2.75) is 39.3 Å². The van der Waals surface area contributed by atoms with Gasteiger partial charge in [0.25, 0.3) is 0 Å². The molecule has 1 aliphatic rings. The Bertz CT molecular complexity index is 562. The minimum absolute atomic E-state index is 0.388. The topological polar surface area (TPSA) is 62.4 Å². The van der Waals surface area contributed by atoms with Crippen LogP contribution in [0.25, 0.3) is 0 Å². The zero-order valence-corrected chi connectivity index (χ0v) is 14.2. The molecule has 1 aliphatic heterocycles. The molecular weight excluding hydrogens is 290 g/mol. The summed E-state index contributed by atoms with van der Waals surface area (Å²) in [6, 6.07) is 6.45. The Kier molecular flexibility index (Phi) is 6.04. The molecule has 3 N–H and O–H groups in total. The summed E-state index contributed by atoms with van der Waals surface area (Å²) in [5, 5.41) is 9.52. The lowest BCUT2D eigenvalue weighted by Crippen LogP contribution is -2.32. The van der Waals surface area contributed by atoms with Gasteiger partial charge < -0.3 is 20.7 Å². The lowest BCUT2D eigenvalue weighted by molar-refractivity contribution is 0.0534. The van der Waals surface area contributed by atoms with Crippen molar-refractivity contribution in [3.8, 4) is 0 Å². The summed E-state index contributed by atoms with van der Waals surface area (Å²) < 4.78 is 5.16. The van der Waals surface area contributed by atoms with E-state index in [-0.39, 0.29) is 6.09 Å². The first kappa shape index (κ1) is 17.3. The number of hydrogen-bond acceptors (Lipinski definition) is 4. The lowest BCUT2D eigenvalue weighted by atomic mass is 10.1. The van der Waals surface area contributed by atoms with Crippen LogP contribution >= 0.6 is 0 Å². The van der Waals surface area contributed by atoms with E-state index in [1.54, 1.807) is 0 Å². The number of rotatable bonds is 6. The molecule has 2 rings (SSSR count). The van der Waals surface area contributed by atoms with Gasteiger partial charge >= 0.3 is 6.09 Å². The monoisotopic (exact) mass is 317 g/mol. The number of carbonyl (C=O) groups excluding carboxylic acids is 1. The molecule has 0 saturated heterocycles. The summed E-state index contributed by atoms with van der Waals surface area (Å²) in [6.07, 6.45) is 4.65. The van der Waals surface area contributed by atoms with E-state index in [0.29, 0.717) is 6.54 Å². The Morgan fingerprint density at radius 3 is 2.87 bits per heavy atom. The number of hydrogen-bond donors (Lipinski definition) is 3. The summed E-state index contributed by atoms with van der Waals surface area (Å²) in [5.41, 5.74) is 3.54. The molecule has 0 saturated carbocycles. The number of alkyl carbamates (subject to hydrolysis) is 1. The molecule has 5 nitrogen and oxygen atoms in total. The van der Waals surface area contributed by atoms with Crippen LogP contribution in [-0.2, 0) is 17.7 Å². The fourth-order valence-corrected chi connectivity index (χ4v) is 2.47. The second kappa shape index (κ2) is 8.02. The highest BCUT2D eigenvalue weighted by molar-refractivity contribution is 5.67. The number of ether oxygens (including phenoxy) is 1. The van der Waals surface area contributed by atoms with Crippen LogP contribution in [0.4, 0.5) is 10.5 Å². The number of carbonyl (C=O) groups is 1. The van der Waals surface area contributed by atoms with E-state index in [1.807, 2.05) is 32.9 Å². The summed E-state index contributed by atoms with van der Waals surface area (Å²) >= 11 is 0. The standard InChI is InChI=1S/C18H27N3O2/c1-18(2,3)23-17(22)21-11-5-4-10-19-13-15-8-6-7-14-9-12-20-16(14)15/h4-8,19-20H,9-13H2,1-3H3,(H,21,22)/b5-4+. The molecule has 1 aromatic rings. The molecule has 0 radical (unpaired) electrons. The molecule has 23 heavy (non-hydrogen) atoms. The predicted molar refractivity (Wildman–Crippen MR) is 93.7 cm³/mol. The Hall–Kier alpha value is -2.01. The Morgan fingerprint density at radius 1 is 1.30 bits per heavy atom. The number of benzene rings is 1. The second-order valence-electron chi connectivity index (χ2n) is 6.61. The van der Waals surface area contributed by atoms with Crippen LogP contribution in [0.3, 0.4) is 0 Å². The van der Waals surface area contributed by atoms with Gasteiger partial charge in [-0.3, -0.25) is 0 Å². The van der Waals surface area contributed by atoms with Crippen LogP contribution in [0, 0.1) is 0 Å². The number of fused-ring (bicyclic) bond motifs is 1. The Labute approximate surface area is 138 Å². The first-order valence-electron chi connectivity index (χ1n) is 8.13. The van der Waals surface area contributed by atoms with Crippen molar-refractivity contribution in [2.75, 3.05) is 25.0 Å². The molecule has 0 spiro atoms. The van der Waals surface area contributed by atoms with Gasteiger partial charge in [-0.15, -0.1) is 0 Å². The average molecular weight is 317 g/mol. The van der Waals surface area contributed by atoms with Crippen LogP contribution < -0.4 is 16.0 Å². The minimum Gasteiger partial charge on any atom is -0.444 e. The highest BCUT2D eigenvalue weighted by Crippen LogP contribution is 2.25. The van der Waals surface area contributed by atoms with Gasteiger partial charge in [-0.25, -0.2) is 4.79 Å². The van der Waals surface area contributed by atoms with Gasteiger partial charge in [0, 0.05) is 31.9 Å². The minimum atomic E-state index is -0.459. The van der Waals surface area contributed by atoms with E-state index in [1.165, 1.54) is 16.8 Å². The van der Waals surface area contributed by atoms with Crippen molar-refractivity contribution in [3.63, 3.8) is 0 Å². The molecule has 0 unspecified atom stereocenters. The Balaban J connectivity index is 1.63. The third kappa shape index (κ3) is 5.94. The number of para-hydroxylation sites is 1. The summed E-state index contributed by atoms with van der Waals surface area (Å²) in [4.78, 5) is 11.5. The van der Waals surface area contributed by atoms with E-state index < -0.39 is 5.60 Å². The molecule has 1 aromatic carbocycles. The van der Waals surface area contributed by atoms with Gasteiger partial charge in [-0.2, -0.15) is 0 Å². The van der Waals surface area contributed by atoms with Crippen molar-refractivity contribution in [1.29, 1.82) is 0 Å². The zero-order valence-electron chi connectivity index (χ0n) is 14.2. The van der Waals surface area contributed by atoms with Gasteiger partial charge in [0.15, 0.2) is 0 Å². The maximum absolute atomic E-state index is 11.5. The molecule has 126 valence electrons. The third-order valence-corrected chi connectivity index (χ3v) is 3.44. The number of nitrogens with one attached hydrogen (secondary N) is 3. The lowest BCUT2D eigenvalue weighted by Gasteiger charge is -2.19. The van der Waals surface area contributed by atoms with Crippen LogP contribution in [0.2, 0.25) is 0 Å². The predicted octanol–water partition coefficient (Wildman–Crippen LogP) is 2.83. The van der Waals surface area contributed by atoms with Crippen molar-refractivity contribution in [1.82, 2.24) is 10.6 Å². The van der Waals surface area contributed by atoms with E-state index in [9.17, 15) is 4.79 Å². The molecule has 0 fully saturated rings. The van der Waals surface area contributed by atoms with Crippen molar-refractivity contribution >= 4 is 11.8 Å². The summed E-state index contributed by atoms with van der Waals surface area (Å²) in [5.74, 6) is 0. The summed E-state index contributed by atoms with van der Waals surface area (Å²) in [6.45, 7) is 8.64. The van der Waals surface area contributed by atoms with Crippen LogP contribution in [0.5, 0.6) is 0 Å². The molecule has 0 aliphatic carbocycles. The largest absolute Gasteiger partial charge is 0.444 e. The fourth-order valence-electron chi connectivity index (χ4n) is 2.47. The molecular formula is C18H27N3O2. The van der Waals surface area contributed by atoms with Gasteiger partial charge in [-0.05, 0) is 38.3 Å². The van der Waals surface area contributed by atoms with Crippen LogP contribution in [-0.4, -0.2) is 31.3 Å². The SMILES string of the molecule is CC(C)(C)OC(=O)NC/C=C/CNCc1cccc2c1NCC2. The van der Waals surface area contributed by atoms with Gasteiger partial charge in [0.2, 0.25) is 0 Å². The van der Waals surface area contributed by atoms with Gasteiger partial charge in [0.1, 0.15) is 5.60 Å². The maximum Gasteiger partial charge on any atom is 0.407 e. The van der Waals surface area contributed by atoms with Gasteiger partial charge in [-0.1, -0.05) is 30.4 Å². The highest BCUT2D eigenvalue weighted by Gasteiger charge is 2.15. The molecule has 0 bridgehead atoms. The van der Waals surface area contributed by atoms with Crippen molar-refractivity contribution in [3.05, 3.63) is 41.5 Å². The summed E-state index contributed by atoms with van der Waals surface area (Å²) in [7, 11) is 0. The smallest absolute Gasteiger partial charge is 0.407 e. The van der Waals surface area contributed by atoms with E-state index in [4.69, 9.17) is 4.74 Å². The third-order valence-electron chi connectivity index (χ3n) is 3.44. The van der Waals surface area contributed by atoms with Crippen molar-refractivity contribution in [2.24, 2.45) is 0 Å². The quantitative estimate of drug-likeness (QED) is 0.558. The zero-order chi connectivity index (χ0) is 16.7. The Morgan fingerprint density at radius 2 is 2.09 bits per heavy atom. The molecule has 0 aromatic heterocycles. The molecule has 1 heterocycles. The normalized spacial score (nSPS) is 13.7. The van der Waals surface area contributed by atoms with Crippen LogP contribution in [0.15, 0.2) is 30.4 Å². The number of amides is 1. The molecule has 0 atom stereocenters. The van der Waals surface area contributed by atoms with Crippen molar-refractivity contribution < 1.29 is 9.53 Å². The first-order valence-corrected chi connectivity index (χ1v) is 8.13. The number of anilines is 1. The molecule has 1 amide bonds. The average Bonchev–Trinajstić information content (AvgIpc) is 2.93. The first-order chi connectivity index (χ1) is 11.0. The molecule has 5 heteroatoms. The highest BCUT2D eigenvalue weighted by atomic mass is 16.6. The van der Waals surface area contributed by atoms with E-state index in [0.717, 1.165) is 26.1 Å². The van der Waals surface area contributed by atoms with Crippen LogP contribution in [0.1, 0.15) is 31.9 Å². The van der Waals surface area contributed by atoms with E-state index in [2.05, 4.69) is 34.1 Å². The van der Waals surface area contributed by atoms with E-state index >= 15 is 0 Å². The maximum atomic E-state index is 11.5.